The highest BCUT2D eigenvalue weighted by Gasteiger charge is 2.36. The molecule has 0 saturated heterocycles. The molecule has 4 rings (SSSR count). The number of primary amides is 1. The molecule has 0 bridgehead atoms. The standard InChI is InChI=1S/C27H31BrN2O6/c1-14-10-20(28)25(19-5-3-4-18(14)19)36-23-13-16(12-22(31)24(23)32)27(34)30-21(26(29)33)11-15-6-8-17(35-2)9-7-15/h6-10,13,21-24,31-32H,3-5,11-12H2,1-2H3,(H2,29,33)(H,30,34). The first kappa shape index (κ1) is 26.2. The third kappa shape index (κ3) is 5.58. The average Bonchev–Trinajstić information content (AvgIpc) is 3.34. The third-order valence-electron chi connectivity index (χ3n) is 6.85. The Bertz CT molecular complexity index is 1180. The first-order valence-corrected chi connectivity index (χ1v) is 12.7. The molecule has 36 heavy (non-hydrogen) atoms. The Morgan fingerprint density at radius 1 is 1.19 bits per heavy atom. The Balaban J connectivity index is 1.53. The van der Waals surface area contributed by atoms with E-state index in [-0.39, 0.29) is 18.4 Å². The second kappa shape index (κ2) is 11.0. The molecule has 2 aromatic rings. The molecule has 2 aliphatic carbocycles. The topological polar surface area (TPSA) is 131 Å². The number of aliphatic hydroxyl groups is 2. The predicted octanol–water partition coefficient (Wildman–Crippen LogP) is 2.27. The lowest BCUT2D eigenvalue weighted by atomic mass is 9.91. The summed E-state index contributed by atoms with van der Waals surface area (Å²) in [6, 6.07) is 8.14. The van der Waals surface area contributed by atoms with E-state index in [0.717, 1.165) is 34.9 Å². The van der Waals surface area contributed by atoms with Crippen LogP contribution >= 0.6 is 15.9 Å². The van der Waals surface area contributed by atoms with E-state index in [9.17, 15) is 19.8 Å². The van der Waals surface area contributed by atoms with E-state index in [2.05, 4.69) is 28.2 Å². The zero-order chi connectivity index (χ0) is 26.0. The molecule has 4 unspecified atom stereocenters. The van der Waals surface area contributed by atoms with Crippen LogP contribution in [-0.2, 0) is 28.9 Å². The van der Waals surface area contributed by atoms with Gasteiger partial charge in [-0.05, 0) is 88.6 Å². The zero-order valence-electron chi connectivity index (χ0n) is 20.3. The number of fused-ring (bicyclic) bond motifs is 1. The summed E-state index contributed by atoms with van der Waals surface area (Å²) in [6.45, 7) is 2.06. The van der Waals surface area contributed by atoms with Gasteiger partial charge in [0, 0.05) is 18.4 Å². The van der Waals surface area contributed by atoms with E-state index in [1.807, 2.05) is 6.07 Å². The van der Waals surface area contributed by atoms with E-state index in [4.69, 9.17) is 15.2 Å². The fourth-order valence-corrected chi connectivity index (χ4v) is 5.53. The van der Waals surface area contributed by atoms with Crippen LogP contribution in [0.2, 0.25) is 0 Å². The molecular weight excluding hydrogens is 528 g/mol. The van der Waals surface area contributed by atoms with Crippen molar-refractivity contribution in [3.8, 4) is 11.5 Å². The van der Waals surface area contributed by atoms with E-state index in [0.29, 0.717) is 11.5 Å². The van der Waals surface area contributed by atoms with Gasteiger partial charge < -0.3 is 30.7 Å². The number of aryl methyl sites for hydroxylation is 1. The molecule has 0 fully saturated rings. The molecule has 0 radical (unpaired) electrons. The molecule has 4 atom stereocenters. The summed E-state index contributed by atoms with van der Waals surface area (Å²) in [5.41, 5.74) is 10.1. The summed E-state index contributed by atoms with van der Waals surface area (Å²) in [7, 11) is 1.56. The van der Waals surface area contributed by atoms with E-state index >= 15 is 0 Å². The van der Waals surface area contributed by atoms with Gasteiger partial charge in [0.05, 0.1) is 17.7 Å². The molecule has 2 amide bonds. The van der Waals surface area contributed by atoms with E-state index in [1.165, 1.54) is 17.2 Å². The summed E-state index contributed by atoms with van der Waals surface area (Å²) in [5, 5.41) is 23.8. The van der Waals surface area contributed by atoms with Gasteiger partial charge in [-0.1, -0.05) is 12.1 Å². The molecule has 2 aromatic carbocycles. The predicted molar refractivity (Wildman–Crippen MR) is 138 cm³/mol. The van der Waals surface area contributed by atoms with Crippen LogP contribution in [-0.4, -0.2) is 53.5 Å². The lowest BCUT2D eigenvalue weighted by Crippen LogP contribution is -2.49. The largest absolute Gasteiger partial charge is 0.497 e. The van der Waals surface area contributed by atoms with Crippen LogP contribution in [0, 0.1) is 6.92 Å². The number of carbonyl (C=O) groups excluding carboxylic acids is 2. The SMILES string of the molecule is COc1ccc(CC(NC(=O)C2=CC(Oc3c(Br)cc(C)c4c3CCC4)C(O)C(O)C2)C(N)=O)cc1. The molecular formula is C27H31BrN2O6. The second-order valence-electron chi connectivity index (χ2n) is 9.33. The highest BCUT2D eigenvalue weighted by atomic mass is 79.9. The molecule has 5 N–H and O–H groups in total. The van der Waals surface area contributed by atoms with Crippen LogP contribution in [0.25, 0.3) is 0 Å². The van der Waals surface area contributed by atoms with Gasteiger partial charge >= 0.3 is 0 Å². The Hall–Kier alpha value is -2.88. The summed E-state index contributed by atoms with van der Waals surface area (Å²) >= 11 is 3.57. The summed E-state index contributed by atoms with van der Waals surface area (Å²) < 4.78 is 12.1. The van der Waals surface area contributed by atoms with Crippen molar-refractivity contribution in [3.05, 3.63) is 68.7 Å². The first-order valence-electron chi connectivity index (χ1n) is 11.9. The molecule has 8 nitrogen and oxygen atoms in total. The van der Waals surface area contributed by atoms with Crippen molar-refractivity contribution in [3.63, 3.8) is 0 Å². The quantitative estimate of drug-likeness (QED) is 0.393. The minimum Gasteiger partial charge on any atom is -0.497 e. The highest BCUT2D eigenvalue weighted by Crippen LogP contribution is 2.40. The molecule has 9 heteroatoms. The number of halogens is 1. The Kier molecular flexibility index (Phi) is 8.02. The van der Waals surface area contributed by atoms with Crippen LogP contribution in [0.4, 0.5) is 0 Å². The van der Waals surface area contributed by atoms with Crippen LogP contribution in [0.15, 0.2) is 46.5 Å². The molecule has 0 spiro atoms. The number of ether oxygens (including phenoxy) is 2. The van der Waals surface area contributed by atoms with Gasteiger partial charge in [-0.15, -0.1) is 0 Å². The number of carbonyl (C=O) groups is 2. The van der Waals surface area contributed by atoms with Crippen molar-refractivity contribution >= 4 is 27.7 Å². The lowest BCUT2D eigenvalue weighted by Gasteiger charge is -2.32. The van der Waals surface area contributed by atoms with Gasteiger partial charge in [-0.25, -0.2) is 0 Å². The number of amides is 2. The maximum Gasteiger partial charge on any atom is 0.247 e. The zero-order valence-corrected chi connectivity index (χ0v) is 21.9. The van der Waals surface area contributed by atoms with Gasteiger partial charge in [0.2, 0.25) is 11.8 Å². The highest BCUT2D eigenvalue weighted by molar-refractivity contribution is 9.10. The number of nitrogens with one attached hydrogen (secondary N) is 1. The van der Waals surface area contributed by atoms with Crippen molar-refractivity contribution in [1.82, 2.24) is 5.32 Å². The molecule has 192 valence electrons. The van der Waals surface area contributed by atoms with E-state index < -0.39 is 36.2 Å². The summed E-state index contributed by atoms with van der Waals surface area (Å²) in [5.74, 6) is 0.0789. The third-order valence-corrected chi connectivity index (χ3v) is 7.44. The minimum atomic E-state index is -1.21. The summed E-state index contributed by atoms with van der Waals surface area (Å²) in [4.78, 5) is 25.2. The van der Waals surface area contributed by atoms with Gasteiger partial charge in [0.15, 0.2) is 0 Å². The molecule has 2 aliphatic rings. The van der Waals surface area contributed by atoms with Gasteiger partial charge in [0.1, 0.15) is 29.7 Å². The van der Waals surface area contributed by atoms with Gasteiger partial charge in [-0.2, -0.15) is 0 Å². The van der Waals surface area contributed by atoms with Crippen molar-refractivity contribution < 1.29 is 29.3 Å². The molecule has 0 heterocycles. The Morgan fingerprint density at radius 2 is 1.89 bits per heavy atom. The summed E-state index contributed by atoms with van der Waals surface area (Å²) in [6.07, 6.45) is 1.14. The first-order chi connectivity index (χ1) is 17.2. The van der Waals surface area contributed by atoms with Crippen molar-refractivity contribution in [2.75, 3.05) is 7.11 Å². The number of benzene rings is 2. The fourth-order valence-electron chi connectivity index (χ4n) is 4.85. The number of methoxy groups -OCH3 is 1. The average molecular weight is 559 g/mol. The van der Waals surface area contributed by atoms with Crippen LogP contribution in [0.5, 0.6) is 11.5 Å². The lowest BCUT2D eigenvalue weighted by molar-refractivity contribution is -0.126. The Labute approximate surface area is 218 Å². The molecule has 0 aromatic heterocycles. The number of rotatable bonds is 8. The molecule has 0 aliphatic heterocycles. The number of aliphatic hydroxyl groups excluding tert-OH is 2. The van der Waals surface area contributed by atoms with Crippen molar-refractivity contribution in [2.45, 2.75) is 63.4 Å². The van der Waals surface area contributed by atoms with Crippen molar-refractivity contribution in [2.24, 2.45) is 5.73 Å². The van der Waals surface area contributed by atoms with Crippen LogP contribution in [0.3, 0.4) is 0 Å². The smallest absolute Gasteiger partial charge is 0.247 e. The van der Waals surface area contributed by atoms with Crippen LogP contribution in [0.1, 0.15) is 35.1 Å². The fraction of sp³-hybridized carbons (Fsp3) is 0.407. The van der Waals surface area contributed by atoms with Gasteiger partial charge in [0.25, 0.3) is 0 Å². The number of nitrogens with two attached hydrogens (primary N) is 1. The normalized spacial score (nSPS) is 21.8. The molecule has 0 saturated carbocycles. The maximum absolute atomic E-state index is 13.1. The van der Waals surface area contributed by atoms with E-state index in [1.54, 1.807) is 31.4 Å². The second-order valence-corrected chi connectivity index (χ2v) is 10.2. The van der Waals surface area contributed by atoms with Crippen molar-refractivity contribution in [1.29, 1.82) is 0 Å². The number of hydrogen-bond acceptors (Lipinski definition) is 6. The van der Waals surface area contributed by atoms with Gasteiger partial charge in [-0.3, -0.25) is 9.59 Å². The monoisotopic (exact) mass is 558 g/mol. The maximum atomic E-state index is 13.1. The Morgan fingerprint density at radius 3 is 2.56 bits per heavy atom. The minimum absolute atomic E-state index is 0.0753. The van der Waals surface area contributed by atoms with Crippen LogP contribution < -0.4 is 20.5 Å². The number of hydrogen-bond donors (Lipinski definition) is 4.